The number of primary amides is 1. The largest absolute Gasteiger partial charge is 0.481 e. The second kappa shape index (κ2) is 8.73. The predicted octanol–water partition coefficient (Wildman–Crippen LogP) is 2.27. The van der Waals surface area contributed by atoms with Crippen LogP contribution in [-0.4, -0.2) is 34.7 Å². The van der Waals surface area contributed by atoms with Crippen molar-refractivity contribution in [2.75, 3.05) is 6.54 Å². The number of carboxylic acid groups (broad SMARTS) is 1. The van der Waals surface area contributed by atoms with Gasteiger partial charge in [-0.25, -0.2) is 0 Å². The topological polar surface area (TPSA) is 109 Å². The summed E-state index contributed by atoms with van der Waals surface area (Å²) in [6.07, 6.45) is 0.850. The molecule has 1 rings (SSSR count). The normalized spacial score (nSPS) is 12.5. The summed E-state index contributed by atoms with van der Waals surface area (Å²) < 4.78 is 0. The molecule has 24 heavy (non-hydrogen) atoms. The van der Waals surface area contributed by atoms with Crippen molar-refractivity contribution in [3.63, 3.8) is 0 Å². The molecule has 132 valence electrons. The number of nitrogens with two attached hydrogens (primary N) is 1. The van der Waals surface area contributed by atoms with Gasteiger partial charge < -0.3 is 16.2 Å². The first-order valence-electron chi connectivity index (χ1n) is 7.84. The summed E-state index contributed by atoms with van der Waals surface area (Å²) in [6, 6.07) is 6.87. The third-order valence-corrected chi connectivity index (χ3v) is 5.43. The lowest BCUT2D eigenvalue weighted by Gasteiger charge is -2.27. The maximum Gasteiger partial charge on any atom is 0.311 e. The van der Waals surface area contributed by atoms with Crippen LogP contribution >= 0.6 is 11.8 Å². The monoisotopic (exact) mass is 352 g/mol. The first-order chi connectivity index (χ1) is 11.3. The van der Waals surface area contributed by atoms with Gasteiger partial charge in [0.25, 0.3) is 5.91 Å². The van der Waals surface area contributed by atoms with Crippen LogP contribution in [0.15, 0.2) is 29.2 Å². The Morgan fingerprint density at radius 1 is 1.25 bits per heavy atom. The van der Waals surface area contributed by atoms with E-state index in [1.165, 1.54) is 11.8 Å². The molecule has 0 aromatic heterocycles. The van der Waals surface area contributed by atoms with Crippen molar-refractivity contribution in [2.45, 2.75) is 43.8 Å². The standard InChI is InChI=1S/C17H24N2O4S/c1-4-17(5-2,16(22)23)10-19-15(21)12-8-6-7-9-13(12)24-11(3)14(18)20/h6-9,11H,4-5,10H2,1-3H3,(H2,18,20)(H,19,21)(H,22,23). The molecule has 0 aliphatic rings. The number of aliphatic carboxylic acids is 1. The average Bonchev–Trinajstić information content (AvgIpc) is 2.56. The molecule has 0 bridgehead atoms. The molecular weight excluding hydrogens is 328 g/mol. The van der Waals surface area contributed by atoms with Gasteiger partial charge in [-0.2, -0.15) is 0 Å². The first-order valence-corrected chi connectivity index (χ1v) is 8.72. The fourth-order valence-corrected chi connectivity index (χ4v) is 3.17. The van der Waals surface area contributed by atoms with Crippen LogP contribution in [0.1, 0.15) is 44.0 Å². The van der Waals surface area contributed by atoms with E-state index in [0.29, 0.717) is 23.3 Å². The van der Waals surface area contributed by atoms with E-state index in [1.54, 1.807) is 45.0 Å². The van der Waals surface area contributed by atoms with Crippen LogP contribution in [-0.2, 0) is 9.59 Å². The Labute approximate surface area is 146 Å². The minimum atomic E-state index is -0.974. The Morgan fingerprint density at radius 3 is 2.33 bits per heavy atom. The molecule has 0 saturated carbocycles. The molecule has 0 heterocycles. The molecule has 0 saturated heterocycles. The van der Waals surface area contributed by atoms with Crippen molar-refractivity contribution in [3.05, 3.63) is 29.8 Å². The van der Waals surface area contributed by atoms with Crippen molar-refractivity contribution >= 4 is 29.5 Å². The quantitative estimate of drug-likeness (QED) is 0.591. The number of benzene rings is 1. The van der Waals surface area contributed by atoms with Gasteiger partial charge in [0.2, 0.25) is 5.91 Å². The SMILES string of the molecule is CCC(CC)(CNC(=O)c1ccccc1SC(C)C(N)=O)C(=O)O. The summed E-state index contributed by atoms with van der Waals surface area (Å²) in [5.74, 6) is -1.74. The van der Waals surface area contributed by atoms with E-state index in [1.807, 2.05) is 0 Å². The second-order valence-electron chi connectivity index (χ2n) is 5.63. The number of thioether (sulfide) groups is 1. The van der Waals surface area contributed by atoms with Gasteiger partial charge in [-0.3, -0.25) is 14.4 Å². The van der Waals surface area contributed by atoms with Crippen molar-refractivity contribution in [3.8, 4) is 0 Å². The van der Waals surface area contributed by atoms with Crippen LogP contribution in [0.2, 0.25) is 0 Å². The van der Waals surface area contributed by atoms with Gasteiger partial charge in [-0.05, 0) is 31.9 Å². The summed E-state index contributed by atoms with van der Waals surface area (Å²) in [5.41, 5.74) is 4.70. The van der Waals surface area contributed by atoms with E-state index in [-0.39, 0.29) is 12.5 Å². The van der Waals surface area contributed by atoms with Gasteiger partial charge in [-0.15, -0.1) is 11.8 Å². The molecule has 1 aromatic carbocycles. The Kier molecular flexibility index (Phi) is 7.28. The zero-order valence-electron chi connectivity index (χ0n) is 14.2. The lowest BCUT2D eigenvalue weighted by molar-refractivity contribution is -0.149. The lowest BCUT2D eigenvalue weighted by atomic mass is 9.82. The van der Waals surface area contributed by atoms with Gasteiger partial charge in [-0.1, -0.05) is 26.0 Å². The first kappa shape index (κ1) is 20.0. The van der Waals surface area contributed by atoms with Crippen molar-refractivity contribution in [2.24, 2.45) is 11.1 Å². The Bertz CT molecular complexity index is 614. The summed E-state index contributed by atoms with van der Waals surface area (Å²) in [7, 11) is 0. The Morgan fingerprint density at radius 2 is 1.83 bits per heavy atom. The molecule has 4 N–H and O–H groups in total. The summed E-state index contributed by atoms with van der Waals surface area (Å²) in [4.78, 5) is 35.9. The number of hydrogen-bond donors (Lipinski definition) is 3. The zero-order chi connectivity index (χ0) is 18.3. The van der Waals surface area contributed by atoms with E-state index in [0.717, 1.165) is 0 Å². The summed E-state index contributed by atoms with van der Waals surface area (Å²) in [6.45, 7) is 5.31. The fourth-order valence-electron chi connectivity index (χ4n) is 2.23. The number of hydrogen-bond acceptors (Lipinski definition) is 4. The van der Waals surface area contributed by atoms with Crippen molar-refractivity contribution in [1.82, 2.24) is 5.32 Å². The van der Waals surface area contributed by atoms with Crippen LogP contribution in [0.4, 0.5) is 0 Å². The maximum absolute atomic E-state index is 12.5. The number of amides is 2. The van der Waals surface area contributed by atoms with Crippen LogP contribution in [0, 0.1) is 5.41 Å². The van der Waals surface area contributed by atoms with Gasteiger partial charge >= 0.3 is 5.97 Å². The highest BCUT2D eigenvalue weighted by Gasteiger charge is 2.35. The molecule has 0 spiro atoms. The lowest BCUT2D eigenvalue weighted by Crippen LogP contribution is -2.42. The van der Waals surface area contributed by atoms with Gasteiger partial charge in [0.1, 0.15) is 0 Å². The highest BCUT2D eigenvalue weighted by atomic mass is 32.2. The number of carbonyl (C=O) groups is 3. The Hall–Kier alpha value is -2.02. The van der Waals surface area contributed by atoms with E-state index < -0.39 is 22.5 Å². The van der Waals surface area contributed by atoms with Crippen LogP contribution in [0.5, 0.6) is 0 Å². The molecule has 6 nitrogen and oxygen atoms in total. The molecule has 7 heteroatoms. The molecule has 1 unspecified atom stereocenters. The molecule has 1 aromatic rings. The van der Waals surface area contributed by atoms with Crippen molar-refractivity contribution in [1.29, 1.82) is 0 Å². The van der Waals surface area contributed by atoms with E-state index in [2.05, 4.69) is 5.32 Å². The smallest absolute Gasteiger partial charge is 0.311 e. The molecule has 2 amide bonds. The molecule has 0 aliphatic carbocycles. The highest BCUT2D eigenvalue weighted by molar-refractivity contribution is 8.00. The van der Waals surface area contributed by atoms with Crippen LogP contribution in [0.3, 0.4) is 0 Å². The minimum Gasteiger partial charge on any atom is -0.481 e. The number of nitrogens with one attached hydrogen (secondary N) is 1. The fraction of sp³-hybridized carbons (Fsp3) is 0.471. The van der Waals surface area contributed by atoms with Crippen LogP contribution < -0.4 is 11.1 Å². The minimum absolute atomic E-state index is 0.0541. The molecule has 1 atom stereocenters. The highest BCUT2D eigenvalue weighted by Crippen LogP contribution is 2.28. The van der Waals surface area contributed by atoms with Gasteiger partial charge in [0.15, 0.2) is 0 Å². The zero-order valence-corrected chi connectivity index (χ0v) is 15.0. The van der Waals surface area contributed by atoms with E-state index >= 15 is 0 Å². The second-order valence-corrected chi connectivity index (χ2v) is 7.02. The molecule has 0 aliphatic heterocycles. The summed E-state index contributed by atoms with van der Waals surface area (Å²) in [5, 5.41) is 11.7. The van der Waals surface area contributed by atoms with Gasteiger partial charge in [0.05, 0.1) is 16.2 Å². The maximum atomic E-state index is 12.5. The number of rotatable bonds is 9. The molecule has 0 radical (unpaired) electrons. The van der Waals surface area contributed by atoms with E-state index in [9.17, 15) is 19.5 Å². The Balaban J connectivity index is 2.92. The summed E-state index contributed by atoms with van der Waals surface area (Å²) >= 11 is 1.21. The molecular formula is C17H24N2O4S. The average molecular weight is 352 g/mol. The van der Waals surface area contributed by atoms with Gasteiger partial charge in [0, 0.05) is 11.4 Å². The van der Waals surface area contributed by atoms with E-state index in [4.69, 9.17) is 5.73 Å². The third-order valence-electron chi connectivity index (χ3n) is 4.23. The third kappa shape index (κ3) is 4.74. The van der Waals surface area contributed by atoms with Crippen LogP contribution in [0.25, 0.3) is 0 Å². The van der Waals surface area contributed by atoms with Crippen molar-refractivity contribution < 1.29 is 19.5 Å². The number of carboxylic acids is 1. The molecule has 0 fully saturated rings. The predicted molar refractivity (Wildman–Crippen MR) is 93.9 cm³/mol. The number of carbonyl (C=O) groups excluding carboxylic acids is 2.